The Kier molecular flexibility index (Phi) is 7.01. The molecule has 7 heteroatoms. The van der Waals surface area contributed by atoms with Gasteiger partial charge in [0.2, 0.25) is 5.91 Å². The molecule has 0 bridgehead atoms. The Bertz CT molecular complexity index is 652. The van der Waals surface area contributed by atoms with Crippen molar-refractivity contribution < 1.29 is 23.9 Å². The van der Waals surface area contributed by atoms with Crippen LogP contribution in [0.4, 0.5) is 4.79 Å². The highest BCUT2D eigenvalue weighted by Gasteiger charge is 2.70. The van der Waals surface area contributed by atoms with Crippen molar-refractivity contribution in [3.05, 3.63) is 12.7 Å². The van der Waals surface area contributed by atoms with E-state index in [1.807, 2.05) is 6.08 Å². The summed E-state index contributed by atoms with van der Waals surface area (Å²) in [4.78, 5) is 39.7. The molecule has 2 rings (SSSR count). The zero-order valence-electron chi connectivity index (χ0n) is 18.6. The second-order valence-corrected chi connectivity index (χ2v) is 9.68. The van der Waals surface area contributed by atoms with Crippen LogP contribution in [0.15, 0.2) is 12.7 Å². The van der Waals surface area contributed by atoms with Gasteiger partial charge in [-0.25, -0.2) is 9.59 Å². The predicted molar refractivity (Wildman–Crippen MR) is 110 cm³/mol. The standard InChI is InChI=1S/C22H36N2O5/c1-8-9-10-11-12-15(23-20(27)29-21(2,3)4)18(25)24-13-14-16(22(14,5)6)17(24)19(26)28-7/h8,14-17H,1,9-13H2,2-7H3,(H,23,27)/t14-,15-,16?,17-/m0/s1. The van der Waals surface area contributed by atoms with Crippen molar-refractivity contribution in [3.63, 3.8) is 0 Å². The van der Waals surface area contributed by atoms with Crippen LogP contribution in [0.5, 0.6) is 0 Å². The third-order valence-electron chi connectivity index (χ3n) is 6.07. The van der Waals surface area contributed by atoms with E-state index in [-0.39, 0.29) is 29.1 Å². The highest BCUT2D eigenvalue weighted by molar-refractivity contribution is 5.91. The molecule has 1 saturated carbocycles. The average Bonchev–Trinajstić information content (AvgIpc) is 2.96. The molecule has 2 aliphatic rings. The number of unbranched alkanes of at least 4 members (excludes halogenated alkanes) is 2. The number of piperidine rings is 1. The Balaban J connectivity index is 2.13. The molecule has 0 radical (unpaired) electrons. The lowest BCUT2D eigenvalue weighted by atomic mass is 9.99. The minimum Gasteiger partial charge on any atom is -0.467 e. The molecule has 1 N–H and O–H groups in total. The van der Waals surface area contributed by atoms with Crippen molar-refractivity contribution in [1.29, 1.82) is 0 Å². The summed E-state index contributed by atoms with van der Waals surface area (Å²) in [6, 6.07) is -1.33. The molecule has 29 heavy (non-hydrogen) atoms. The van der Waals surface area contributed by atoms with Crippen molar-refractivity contribution >= 4 is 18.0 Å². The minimum absolute atomic E-state index is 0.0215. The average molecular weight is 409 g/mol. The van der Waals surface area contributed by atoms with Crippen LogP contribution in [0.25, 0.3) is 0 Å². The number of methoxy groups -OCH3 is 1. The molecule has 0 aromatic carbocycles. The van der Waals surface area contributed by atoms with Gasteiger partial charge in [0.25, 0.3) is 0 Å². The molecule has 1 aliphatic heterocycles. The summed E-state index contributed by atoms with van der Waals surface area (Å²) in [7, 11) is 1.35. The lowest BCUT2D eigenvalue weighted by Crippen LogP contribution is -2.54. The fourth-order valence-corrected chi connectivity index (χ4v) is 4.45. The van der Waals surface area contributed by atoms with Crippen molar-refractivity contribution in [2.24, 2.45) is 17.3 Å². The van der Waals surface area contributed by atoms with E-state index in [0.29, 0.717) is 13.0 Å². The van der Waals surface area contributed by atoms with Crippen LogP contribution in [0.1, 0.15) is 60.3 Å². The van der Waals surface area contributed by atoms with Gasteiger partial charge in [-0.15, -0.1) is 6.58 Å². The Morgan fingerprint density at radius 1 is 1.28 bits per heavy atom. The molecule has 1 unspecified atom stereocenters. The lowest BCUT2D eigenvalue weighted by Gasteiger charge is -2.32. The molecule has 7 nitrogen and oxygen atoms in total. The summed E-state index contributed by atoms with van der Waals surface area (Å²) >= 11 is 0. The predicted octanol–water partition coefficient (Wildman–Crippen LogP) is 3.28. The zero-order chi connectivity index (χ0) is 22.0. The van der Waals surface area contributed by atoms with Crippen molar-refractivity contribution in [1.82, 2.24) is 10.2 Å². The maximum Gasteiger partial charge on any atom is 0.408 e. The minimum atomic E-state index is -0.734. The summed E-state index contributed by atoms with van der Waals surface area (Å²) in [5, 5.41) is 2.72. The Morgan fingerprint density at radius 2 is 1.93 bits per heavy atom. The van der Waals surface area contributed by atoms with Crippen LogP contribution in [-0.4, -0.2) is 54.2 Å². The summed E-state index contributed by atoms with van der Waals surface area (Å²) in [6.45, 7) is 13.8. The smallest absolute Gasteiger partial charge is 0.408 e. The number of esters is 1. The van der Waals surface area contributed by atoms with Gasteiger partial charge in [-0.05, 0) is 51.4 Å². The number of carbonyl (C=O) groups is 3. The third-order valence-corrected chi connectivity index (χ3v) is 6.07. The van der Waals surface area contributed by atoms with Gasteiger partial charge in [0.05, 0.1) is 7.11 Å². The molecular weight excluding hydrogens is 372 g/mol. The molecule has 0 aromatic rings. The van der Waals surface area contributed by atoms with Gasteiger partial charge in [0, 0.05) is 12.5 Å². The van der Waals surface area contributed by atoms with E-state index in [9.17, 15) is 14.4 Å². The number of nitrogens with zero attached hydrogens (tertiary/aromatic N) is 1. The summed E-state index contributed by atoms with van der Waals surface area (Å²) in [5.41, 5.74) is -0.637. The first-order valence-electron chi connectivity index (χ1n) is 10.4. The highest BCUT2D eigenvalue weighted by atomic mass is 16.6. The van der Waals surface area contributed by atoms with E-state index < -0.39 is 23.8 Å². The first kappa shape index (κ1) is 23.2. The molecule has 1 saturated heterocycles. The number of alkyl carbamates (subject to hydrolysis) is 1. The van der Waals surface area contributed by atoms with Crippen molar-refractivity contribution in [2.45, 2.75) is 78.0 Å². The molecule has 1 heterocycles. The molecule has 1 aliphatic carbocycles. The zero-order valence-corrected chi connectivity index (χ0v) is 18.6. The van der Waals surface area contributed by atoms with E-state index in [2.05, 4.69) is 25.7 Å². The summed E-state index contributed by atoms with van der Waals surface area (Å²) in [5.74, 6) is -0.257. The van der Waals surface area contributed by atoms with Gasteiger partial charge in [0.15, 0.2) is 0 Å². The Labute approximate surface area is 174 Å². The fraction of sp³-hybridized carbons (Fsp3) is 0.773. The summed E-state index contributed by atoms with van der Waals surface area (Å²) in [6.07, 6.45) is 4.17. The van der Waals surface area contributed by atoms with Gasteiger partial charge in [-0.3, -0.25) is 4.79 Å². The van der Waals surface area contributed by atoms with E-state index in [1.54, 1.807) is 25.7 Å². The number of rotatable bonds is 8. The molecule has 0 spiro atoms. The summed E-state index contributed by atoms with van der Waals surface area (Å²) < 4.78 is 10.3. The Morgan fingerprint density at radius 3 is 2.48 bits per heavy atom. The van der Waals surface area contributed by atoms with Gasteiger partial charge in [-0.2, -0.15) is 0 Å². The van der Waals surface area contributed by atoms with Gasteiger partial charge in [-0.1, -0.05) is 26.3 Å². The van der Waals surface area contributed by atoms with Gasteiger partial charge >= 0.3 is 12.1 Å². The van der Waals surface area contributed by atoms with Crippen molar-refractivity contribution in [3.8, 4) is 0 Å². The second kappa shape index (κ2) is 8.76. The topological polar surface area (TPSA) is 84.9 Å². The SMILES string of the molecule is C=CCCCC[C@H](NC(=O)OC(C)(C)C)C(=O)N1C[C@H]2C([C@H]1C(=O)OC)C2(C)C. The Hall–Kier alpha value is -2.05. The number of hydrogen-bond donors (Lipinski definition) is 1. The van der Waals surface area contributed by atoms with Crippen LogP contribution in [0, 0.1) is 17.3 Å². The molecular formula is C22H36N2O5. The van der Waals surface area contributed by atoms with Crippen LogP contribution in [-0.2, 0) is 19.1 Å². The number of ether oxygens (including phenoxy) is 2. The van der Waals surface area contributed by atoms with Crippen LogP contribution in [0.2, 0.25) is 0 Å². The molecule has 0 aromatic heterocycles. The largest absolute Gasteiger partial charge is 0.467 e. The van der Waals surface area contributed by atoms with E-state index in [1.165, 1.54) is 7.11 Å². The van der Waals surface area contributed by atoms with Crippen LogP contribution >= 0.6 is 0 Å². The van der Waals surface area contributed by atoms with Gasteiger partial charge in [0.1, 0.15) is 17.7 Å². The molecule has 2 amide bonds. The normalized spacial score (nSPS) is 25.6. The first-order valence-corrected chi connectivity index (χ1v) is 10.4. The van der Waals surface area contributed by atoms with Gasteiger partial charge < -0.3 is 19.7 Å². The van der Waals surface area contributed by atoms with Crippen LogP contribution in [0.3, 0.4) is 0 Å². The third kappa shape index (κ3) is 5.31. The molecule has 164 valence electrons. The lowest BCUT2D eigenvalue weighted by molar-refractivity contribution is -0.153. The number of likely N-dealkylation sites (tertiary alicyclic amines) is 1. The number of amides is 2. The molecule has 4 atom stereocenters. The highest BCUT2D eigenvalue weighted by Crippen LogP contribution is 2.65. The van der Waals surface area contributed by atoms with E-state index in [0.717, 1.165) is 19.3 Å². The van der Waals surface area contributed by atoms with Crippen LogP contribution < -0.4 is 5.32 Å². The number of allylic oxidation sites excluding steroid dienone is 1. The van der Waals surface area contributed by atoms with Crippen molar-refractivity contribution in [2.75, 3.05) is 13.7 Å². The number of hydrogen-bond acceptors (Lipinski definition) is 5. The quantitative estimate of drug-likeness (QED) is 0.378. The second-order valence-electron chi connectivity index (χ2n) is 9.68. The first-order chi connectivity index (χ1) is 13.4. The number of fused-ring (bicyclic) bond motifs is 1. The maximum atomic E-state index is 13.3. The number of nitrogens with one attached hydrogen (secondary N) is 1. The van der Waals surface area contributed by atoms with E-state index >= 15 is 0 Å². The monoisotopic (exact) mass is 408 g/mol. The fourth-order valence-electron chi connectivity index (χ4n) is 4.45. The maximum absolute atomic E-state index is 13.3. The molecule has 2 fully saturated rings. The van der Waals surface area contributed by atoms with E-state index in [4.69, 9.17) is 9.47 Å². The number of carbonyl (C=O) groups excluding carboxylic acids is 3.